The average molecular weight is 288 g/mol. The quantitative estimate of drug-likeness (QED) is 0.371. The van der Waals surface area contributed by atoms with Crippen molar-refractivity contribution in [1.29, 1.82) is 0 Å². The zero-order valence-corrected chi connectivity index (χ0v) is 13.8. The molecule has 0 aliphatic heterocycles. The lowest BCUT2D eigenvalue weighted by atomic mass is 9.94. The zero-order valence-electron chi connectivity index (χ0n) is 13.8. The fourth-order valence-corrected chi connectivity index (χ4v) is 3.63. The van der Waals surface area contributed by atoms with Gasteiger partial charge in [0.05, 0.1) is 0 Å². The molecule has 1 aromatic heterocycles. The van der Waals surface area contributed by atoms with Crippen molar-refractivity contribution in [2.45, 2.75) is 34.6 Å². The molecule has 0 unspecified atom stereocenters. The minimum atomic E-state index is 1.02. The summed E-state index contributed by atoms with van der Waals surface area (Å²) in [7, 11) is 0. The van der Waals surface area contributed by atoms with E-state index in [1.165, 1.54) is 49.4 Å². The molecule has 0 radical (unpaired) electrons. The van der Waals surface area contributed by atoms with Crippen LogP contribution in [0.5, 0.6) is 0 Å². The van der Waals surface area contributed by atoms with E-state index in [4.69, 9.17) is 4.42 Å². The molecular formula is C21H20O. The Bertz CT molecular complexity index is 1060. The fourth-order valence-electron chi connectivity index (χ4n) is 3.63. The van der Waals surface area contributed by atoms with Crippen molar-refractivity contribution in [3.05, 3.63) is 58.1 Å². The minimum absolute atomic E-state index is 1.02. The van der Waals surface area contributed by atoms with Gasteiger partial charge in [-0.15, -0.1) is 0 Å². The molecule has 0 amide bonds. The highest BCUT2D eigenvalue weighted by atomic mass is 16.3. The number of aryl methyl sites for hydroxylation is 3. The standard InChI is InChI=1S/C21H20O/c1-11-7-6-8-17-16(11)9-10-18-19-14(4)12(2)13(3)15(5)20(19)22-21(17)18/h6-10H,1-5H3. The summed E-state index contributed by atoms with van der Waals surface area (Å²) in [5.41, 5.74) is 8.67. The van der Waals surface area contributed by atoms with Crippen LogP contribution < -0.4 is 0 Å². The molecule has 4 rings (SSSR count). The van der Waals surface area contributed by atoms with Gasteiger partial charge in [-0.2, -0.15) is 0 Å². The highest BCUT2D eigenvalue weighted by Gasteiger charge is 2.17. The first-order valence-electron chi connectivity index (χ1n) is 7.81. The molecule has 0 atom stereocenters. The van der Waals surface area contributed by atoms with Crippen molar-refractivity contribution in [3.63, 3.8) is 0 Å². The predicted octanol–water partition coefficient (Wildman–Crippen LogP) is 6.28. The summed E-state index contributed by atoms with van der Waals surface area (Å²) in [6.45, 7) is 10.9. The monoisotopic (exact) mass is 288 g/mol. The van der Waals surface area contributed by atoms with Gasteiger partial charge in [-0.1, -0.05) is 24.3 Å². The van der Waals surface area contributed by atoms with E-state index in [2.05, 4.69) is 65.0 Å². The van der Waals surface area contributed by atoms with E-state index in [9.17, 15) is 0 Å². The number of benzene rings is 3. The molecule has 1 heterocycles. The number of rotatable bonds is 0. The maximum absolute atomic E-state index is 6.37. The van der Waals surface area contributed by atoms with Crippen molar-refractivity contribution >= 4 is 32.7 Å². The largest absolute Gasteiger partial charge is 0.455 e. The smallest absolute Gasteiger partial charge is 0.143 e. The Kier molecular flexibility index (Phi) is 2.65. The van der Waals surface area contributed by atoms with Crippen LogP contribution in [-0.2, 0) is 0 Å². The minimum Gasteiger partial charge on any atom is -0.455 e. The first kappa shape index (κ1) is 13.4. The molecule has 0 bridgehead atoms. The van der Waals surface area contributed by atoms with E-state index in [0.717, 1.165) is 11.2 Å². The number of hydrogen-bond donors (Lipinski definition) is 0. The van der Waals surface area contributed by atoms with Gasteiger partial charge in [0.1, 0.15) is 11.2 Å². The maximum atomic E-state index is 6.37. The van der Waals surface area contributed by atoms with Crippen molar-refractivity contribution in [1.82, 2.24) is 0 Å². The lowest BCUT2D eigenvalue weighted by Crippen LogP contribution is -1.91. The van der Waals surface area contributed by atoms with Crippen molar-refractivity contribution in [3.8, 4) is 0 Å². The van der Waals surface area contributed by atoms with Crippen LogP contribution in [0, 0.1) is 34.6 Å². The highest BCUT2D eigenvalue weighted by molar-refractivity contribution is 6.17. The Morgan fingerprint density at radius 1 is 0.591 bits per heavy atom. The van der Waals surface area contributed by atoms with Crippen LogP contribution in [-0.4, -0.2) is 0 Å². The molecule has 0 saturated heterocycles. The molecule has 22 heavy (non-hydrogen) atoms. The van der Waals surface area contributed by atoms with Gasteiger partial charge in [-0.05, 0) is 73.9 Å². The number of furan rings is 1. The summed E-state index contributed by atoms with van der Waals surface area (Å²) in [6, 6.07) is 10.9. The van der Waals surface area contributed by atoms with E-state index in [1.807, 2.05) is 0 Å². The zero-order chi connectivity index (χ0) is 15.6. The molecular weight excluding hydrogens is 268 g/mol. The third kappa shape index (κ3) is 1.54. The molecule has 0 aliphatic rings. The normalized spacial score (nSPS) is 11.9. The first-order chi connectivity index (χ1) is 10.5. The average Bonchev–Trinajstić information content (AvgIpc) is 2.91. The van der Waals surface area contributed by atoms with Crippen molar-refractivity contribution in [2.24, 2.45) is 0 Å². The van der Waals surface area contributed by atoms with E-state index >= 15 is 0 Å². The van der Waals surface area contributed by atoms with Crippen LogP contribution in [0.25, 0.3) is 32.7 Å². The predicted molar refractivity (Wildman–Crippen MR) is 94.9 cm³/mol. The van der Waals surface area contributed by atoms with Crippen molar-refractivity contribution in [2.75, 3.05) is 0 Å². The van der Waals surface area contributed by atoms with Gasteiger partial charge >= 0.3 is 0 Å². The molecule has 1 nitrogen and oxygen atoms in total. The highest BCUT2D eigenvalue weighted by Crippen LogP contribution is 2.39. The summed E-state index contributed by atoms with van der Waals surface area (Å²) >= 11 is 0. The summed E-state index contributed by atoms with van der Waals surface area (Å²) in [6.07, 6.45) is 0. The van der Waals surface area contributed by atoms with E-state index in [1.54, 1.807) is 0 Å². The Morgan fingerprint density at radius 3 is 2.05 bits per heavy atom. The topological polar surface area (TPSA) is 13.1 Å². The van der Waals surface area contributed by atoms with E-state index < -0.39 is 0 Å². The Labute approximate surface area is 130 Å². The molecule has 0 fully saturated rings. The molecule has 0 spiro atoms. The van der Waals surface area contributed by atoms with Gasteiger partial charge in [0, 0.05) is 16.2 Å². The van der Waals surface area contributed by atoms with Gasteiger partial charge in [-0.3, -0.25) is 0 Å². The van der Waals surface area contributed by atoms with Crippen LogP contribution >= 0.6 is 0 Å². The Hall–Kier alpha value is -2.28. The van der Waals surface area contributed by atoms with Crippen LogP contribution in [0.2, 0.25) is 0 Å². The molecule has 0 aliphatic carbocycles. The van der Waals surface area contributed by atoms with Gasteiger partial charge in [-0.25, -0.2) is 0 Å². The SMILES string of the molecule is Cc1c(C)c(C)c2c(oc3c4cccc(C)c4ccc32)c1C. The number of fused-ring (bicyclic) bond motifs is 5. The molecule has 110 valence electrons. The lowest BCUT2D eigenvalue weighted by Gasteiger charge is -2.09. The molecule has 1 heteroatoms. The first-order valence-corrected chi connectivity index (χ1v) is 7.81. The molecule has 0 N–H and O–H groups in total. The Morgan fingerprint density at radius 2 is 1.27 bits per heavy atom. The summed E-state index contributed by atoms with van der Waals surface area (Å²) in [4.78, 5) is 0. The van der Waals surface area contributed by atoms with E-state index in [-0.39, 0.29) is 0 Å². The second-order valence-electron chi connectivity index (χ2n) is 6.42. The van der Waals surface area contributed by atoms with Crippen LogP contribution in [0.4, 0.5) is 0 Å². The number of hydrogen-bond acceptors (Lipinski definition) is 1. The van der Waals surface area contributed by atoms with Gasteiger partial charge in [0.2, 0.25) is 0 Å². The summed E-state index contributed by atoms with van der Waals surface area (Å²) in [5.74, 6) is 0. The van der Waals surface area contributed by atoms with Crippen LogP contribution in [0.15, 0.2) is 34.7 Å². The second kappa shape index (κ2) is 4.36. The third-order valence-corrected chi connectivity index (χ3v) is 5.33. The van der Waals surface area contributed by atoms with Gasteiger partial charge < -0.3 is 4.42 Å². The van der Waals surface area contributed by atoms with E-state index in [0.29, 0.717) is 0 Å². The van der Waals surface area contributed by atoms with Crippen LogP contribution in [0.3, 0.4) is 0 Å². The summed E-state index contributed by atoms with van der Waals surface area (Å²) in [5, 5.41) is 5.00. The second-order valence-corrected chi connectivity index (χ2v) is 6.42. The molecule has 3 aromatic carbocycles. The third-order valence-electron chi connectivity index (χ3n) is 5.33. The van der Waals surface area contributed by atoms with Gasteiger partial charge in [0.25, 0.3) is 0 Å². The summed E-state index contributed by atoms with van der Waals surface area (Å²) < 4.78 is 6.37. The molecule has 4 aromatic rings. The lowest BCUT2D eigenvalue weighted by molar-refractivity contribution is 0.668. The Balaban J connectivity index is 2.33. The van der Waals surface area contributed by atoms with Crippen molar-refractivity contribution < 1.29 is 4.42 Å². The van der Waals surface area contributed by atoms with Gasteiger partial charge in [0.15, 0.2) is 0 Å². The molecule has 0 saturated carbocycles. The van der Waals surface area contributed by atoms with Crippen LogP contribution in [0.1, 0.15) is 27.8 Å². The fraction of sp³-hybridized carbons (Fsp3) is 0.238. The maximum Gasteiger partial charge on any atom is 0.143 e.